The van der Waals surface area contributed by atoms with E-state index in [0.717, 1.165) is 54.4 Å². The molecule has 2 aromatic carbocycles. The molecule has 2 heterocycles. The zero-order valence-corrected chi connectivity index (χ0v) is 15.8. The number of phenolic OH excluding ortho intramolecular Hbond substituents is 1. The minimum atomic E-state index is 0.347. The number of halogens is 1. The van der Waals surface area contributed by atoms with Crippen molar-refractivity contribution >= 4 is 17.3 Å². The highest BCUT2D eigenvalue weighted by atomic mass is 35.5. The van der Waals surface area contributed by atoms with Gasteiger partial charge in [-0.2, -0.15) is 0 Å². The third-order valence-corrected chi connectivity index (χ3v) is 5.25. The van der Waals surface area contributed by atoms with E-state index in [0.29, 0.717) is 5.75 Å². The number of hydrogen-bond donors (Lipinski definition) is 1. The average molecular weight is 380 g/mol. The molecule has 5 heteroatoms. The molecule has 1 aliphatic rings. The van der Waals surface area contributed by atoms with Crippen molar-refractivity contribution in [3.05, 3.63) is 77.6 Å². The summed E-state index contributed by atoms with van der Waals surface area (Å²) >= 11 is 6.11. The molecule has 1 aliphatic heterocycles. The lowest BCUT2D eigenvalue weighted by atomic mass is 10.0. The second-order valence-electron chi connectivity index (χ2n) is 6.83. The fraction of sp³-hybridized carbons (Fsp3) is 0.227. The van der Waals surface area contributed by atoms with E-state index in [4.69, 9.17) is 11.6 Å². The van der Waals surface area contributed by atoms with Crippen molar-refractivity contribution in [1.29, 1.82) is 0 Å². The van der Waals surface area contributed by atoms with Crippen LogP contribution >= 0.6 is 11.6 Å². The van der Waals surface area contributed by atoms with Crippen molar-refractivity contribution in [1.82, 2.24) is 9.88 Å². The molecule has 27 heavy (non-hydrogen) atoms. The number of nitrogens with zero attached hydrogens (tertiary/aromatic N) is 3. The van der Waals surface area contributed by atoms with Crippen molar-refractivity contribution in [2.24, 2.45) is 0 Å². The molecule has 0 atom stereocenters. The fourth-order valence-corrected chi connectivity index (χ4v) is 3.69. The predicted molar refractivity (Wildman–Crippen MR) is 110 cm³/mol. The Morgan fingerprint density at radius 2 is 1.78 bits per heavy atom. The molecule has 1 fully saturated rings. The number of benzene rings is 2. The van der Waals surface area contributed by atoms with Gasteiger partial charge < -0.3 is 10.0 Å². The first-order chi connectivity index (χ1) is 13.2. The topological polar surface area (TPSA) is 39.6 Å². The SMILES string of the molecule is Oc1ccc(-c2cccnc2)cc1CN1CCN(c2cccc(Cl)c2)CC1. The highest BCUT2D eigenvalue weighted by Crippen LogP contribution is 2.27. The zero-order valence-electron chi connectivity index (χ0n) is 15.1. The molecule has 1 aromatic heterocycles. The van der Waals surface area contributed by atoms with Crippen LogP contribution in [0.25, 0.3) is 11.1 Å². The van der Waals surface area contributed by atoms with Crippen LogP contribution in [0.15, 0.2) is 67.0 Å². The van der Waals surface area contributed by atoms with Gasteiger partial charge in [0, 0.05) is 67.0 Å². The van der Waals surface area contributed by atoms with E-state index < -0.39 is 0 Å². The summed E-state index contributed by atoms with van der Waals surface area (Å²) in [6, 6.07) is 17.8. The lowest BCUT2D eigenvalue weighted by Crippen LogP contribution is -2.45. The van der Waals surface area contributed by atoms with E-state index in [9.17, 15) is 5.11 Å². The van der Waals surface area contributed by atoms with Gasteiger partial charge in [-0.1, -0.05) is 29.8 Å². The number of pyridine rings is 1. The Bertz CT molecular complexity index is 908. The molecular formula is C22H22ClN3O. The number of piperazine rings is 1. The van der Waals surface area contributed by atoms with E-state index in [1.54, 1.807) is 12.3 Å². The zero-order chi connectivity index (χ0) is 18.6. The van der Waals surface area contributed by atoms with Crippen LogP contribution in [0.1, 0.15) is 5.56 Å². The Balaban J connectivity index is 1.43. The minimum absolute atomic E-state index is 0.347. The first-order valence-electron chi connectivity index (χ1n) is 9.14. The fourth-order valence-electron chi connectivity index (χ4n) is 3.50. The van der Waals surface area contributed by atoms with Gasteiger partial charge in [0.1, 0.15) is 5.75 Å². The summed E-state index contributed by atoms with van der Waals surface area (Å²) in [6.45, 7) is 4.53. The second kappa shape index (κ2) is 7.99. The smallest absolute Gasteiger partial charge is 0.120 e. The van der Waals surface area contributed by atoms with E-state index in [-0.39, 0.29) is 0 Å². The van der Waals surface area contributed by atoms with Crippen molar-refractivity contribution in [3.63, 3.8) is 0 Å². The van der Waals surface area contributed by atoms with Gasteiger partial charge >= 0.3 is 0 Å². The van der Waals surface area contributed by atoms with Crippen LogP contribution in [0, 0.1) is 0 Å². The third kappa shape index (κ3) is 4.24. The maximum absolute atomic E-state index is 10.3. The molecule has 0 bridgehead atoms. The average Bonchev–Trinajstić information content (AvgIpc) is 2.71. The maximum Gasteiger partial charge on any atom is 0.120 e. The monoisotopic (exact) mass is 379 g/mol. The van der Waals surface area contributed by atoms with Crippen LogP contribution in [0.5, 0.6) is 5.75 Å². The standard InChI is InChI=1S/C22H22ClN3O/c23-20-4-1-5-21(14-20)26-11-9-25(10-12-26)16-19-13-17(6-7-22(19)27)18-3-2-8-24-15-18/h1-8,13-15,27H,9-12,16H2. The van der Waals surface area contributed by atoms with Crippen LogP contribution in [-0.4, -0.2) is 41.2 Å². The number of aromatic nitrogens is 1. The third-order valence-electron chi connectivity index (χ3n) is 5.01. The summed E-state index contributed by atoms with van der Waals surface area (Å²) in [4.78, 5) is 8.92. The van der Waals surface area contributed by atoms with Gasteiger partial charge in [-0.3, -0.25) is 9.88 Å². The highest BCUT2D eigenvalue weighted by molar-refractivity contribution is 6.30. The molecule has 3 aromatic rings. The van der Waals surface area contributed by atoms with E-state index in [1.807, 2.05) is 42.6 Å². The summed E-state index contributed by atoms with van der Waals surface area (Å²) in [5.74, 6) is 0.347. The van der Waals surface area contributed by atoms with Crippen molar-refractivity contribution in [2.45, 2.75) is 6.54 Å². The van der Waals surface area contributed by atoms with Crippen molar-refractivity contribution < 1.29 is 5.11 Å². The lowest BCUT2D eigenvalue weighted by molar-refractivity contribution is 0.247. The molecule has 0 aliphatic carbocycles. The quantitative estimate of drug-likeness (QED) is 0.728. The molecule has 0 radical (unpaired) electrons. The van der Waals surface area contributed by atoms with Crippen molar-refractivity contribution in [2.75, 3.05) is 31.1 Å². The molecule has 0 unspecified atom stereocenters. The van der Waals surface area contributed by atoms with E-state index >= 15 is 0 Å². The predicted octanol–water partition coefficient (Wildman–Crippen LogP) is 4.43. The van der Waals surface area contributed by atoms with Crippen molar-refractivity contribution in [3.8, 4) is 16.9 Å². The van der Waals surface area contributed by atoms with Gasteiger partial charge in [-0.05, 0) is 42.0 Å². The highest BCUT2D eigenvalue weighted by Gasteiger charge is 2.18. The first-order valence-corrected chi connectivity index (χ1v) is 9.52. The molecule has 4 nitrogen and oxygen atoms in total. The molecular weight excluding hydrogens is 358 g/mol. The molecule has 1 saturated heterocycles. The van der Waals surface area contributed by atoms with Crippen LogP contribution in [-0.2, 0) is 6.54 Å². The summed E-state index contributed by atoms with van der Waals surface area (Å²) in [7, 11) is 0. The number of anilines is 1. The number of rotatable bonds is 4. The van der Waals surface area contributed by atoms with E-state index in [2.05, 4.69) is 26.9 Å². The molecule has 1 N–H and O–H groups in total. The van der Waals surface area contributed by atoms with Crippen LogP contribution in [0.3, 0.4) is 0 Å². The van der Waals surface area contributed by atoms with Gasteiger partial charge in [0.2, 0.25) is 0 Å². The molecule has 0 saturated carbocycles. The Morgan fingerprint density at radius 3 is 2.52 bits per heavy atom. The molecule has 138 valence electrons. The Labute approximate surface area is 164 Å². The van der Waals surface area contributed by atoms with Gasteiger partial charge in [0.05, 0.1) is 0 Å². The van der Waals surface area contributed by atoms with E-state index in [1.165, 1.54) is 5.69 Å². The largest absolute Gasteiger partial charge is 0.508 e. The van der Waals surface area contributed by atoms with Crippen LogP contribution in [0.4, 0.5) is 5.69 Å². The molecule has 4 rings (SSSR count). The number of aromatic hydroxyl groups is 1. The van der Waals surface area contributed by atoms with Gasteiger partial charge in [-0.15, -0.1) is 0 Å². The second-order valence-corrected chi connectivity index (χ2v) is 7.26. The molecule has 0 amide bonds. The van der Waals surface area contributed by atoms with Gasteiger partial charge in [-0.25, -0.2) is 0 Å². The normalized spacial score (nSPS) is 15.1. The van der Waals surface area contributed by atoms with Gasteiger partial charge in [0.15, 0.2) is 0 Å². The summed E-state index contributed by atoms with van der Waals surface area (Å²) in [5.41, 5.74) is 4.26. The minimum Gasteiger partial charge on any atom is -0.508 e. The number of phenols is 1. The summed E-state index contributed by atoms with van der Waals surface area (Å²) in [5, 5.41) is 11.1. The Kier molecular flexibility index (Phi) is 5.28. The Morgan fingerprint density at radius 1 is 0.926 bits per heavy atom. The van der Waals surface area contributed by atoms with Gasteiger partial charge in [0.25, 0.3) is 0 Å². The molecule has 0 spiro atoms. The number of hydrogen-bond acceptors (Lipinski definition) is 4. The lowest BCUT2D eigenvalue weighted by Gasteiger charge is -2.36. The summed E-state index contributed by atoms with van der Waals surface area (Å²) in [6.07, 6.45) is 3.62. The summed E-state index contributed by atoms with van der Waals surface area (Å²) < 4.78 is 0. The Hall–Kier alpha value is -2.56. The maximum atomic E-state index is 10.3. The van der Waals surface area contributed by atoms with Crippen LogP contribution in [0.2, 0.25) is 5.02 Å². The van der Waals surface area contributed by atoms with Crippen LogP contribution < -0.4 is 4.90 Å². The first kappa shape index (κ1) is 17.8.